The van der Waals surface area contributed by atoms with Crippen molar-refractivity contribution in [2.45, 2.75) is 56.7 Å². The van der Waals surface area contributed by atoms with Crippen LogP contribution in [-0.4, -0.2) is 52.2 Å². The fourth-order valence-electron chi connectivity index (χ4n) is 5.47. The molecule has 0 radical (unpaired) electrons. The molecule has 1 N–H and O–H groups in total. The molecule has 6 heteroatoms. The van der Waals surface area contributed by atoms with E-state index >= 15 is 0 Å². The summed E-state index contributed by atoms with van der Waals surface area (Å²) in [7, 11) is 0. The number of anilines is 1. The topological polar surface area (TPSA) is 69.7 Å². The minimum Gasteiger partial charge on any atom is -0.329 e. The first-order chi connectivity index (χ1) is 12.9. The zero-order valence-corrected chi connectivity index (χ0v) is 15.6. The maximum atomic E-state index is 13.4. The fraction of sp³-hybridized carbons (Fsp3) is 0.476. The van der Waals surface area contributed by atoms with Crippen LogP contribution in [0.2, 0.25) is 0 Å². The predicted molar refractivity (Wildman–Crippen MR) is 100.0 cm³/mol. The van der Waals surface area contributed by atoms with Gasteiger partial charge in [0, 0.05) is 12.2 Å². The fourth-order valence-corrected chi connectivity index (χ4v) is 5.47. The van der Waals surface area contributed by atoms with E-state index in [-0.39, 0.29) is 23.8 Å². The molecule has 3 amide bonds. The lowest BCUT2D eigenvalue weighted by atomic mass is 9.73. The third-order valence-corrected chi connectivity index (χ3v) is 6.57. The summed E-state index contributed by atoms with van der Waals surface area (Å²) in [4.78, 5) is 43.3. The number of para-hydroxylation sites is 1. The molecule has 27 heavy (non-hydrogen) atoms. The van der Waals surface area contributed by atoms with Gasteiger partial charge in [-0.3, -0.25) is 14.4 Å². The summed E-state index contributed by atoms with van der Waals surface area (Å²) in [6.45, 7) is 4.58. The van der Waals surface area contributed by atoms with Gasteiger partial charge in [0.15, 0.2) is 0 Å². The molecular weight excluding hydrogens is 342 g/mol. The Hall–Kier alpha value is -2.63. The van der Waals surface area contributed by atoms with Gasteiger partial charge in [-0.05, 0) is 44.7 Å². The standard InChI is InChI=1S/C21H23N3O3/c1-12(2)10-17-21(13-6-3-4-7-14(13)22-20(21)27)11-16-18(25)23-9-5-8-15(23)19(26)24(16)17/h3-4,6-7,10,15-17H,5,8-9,11H2,1-2H3,(H,22,27)/t15-,16-,17+,21-/m0/s1. The normalized spacial score (nSPS) is 33.9. The largest absolute Gasteiger partial charge is 0.329 e. The molecule has 140 valence electrons. The minimum absolute atomic E-state index is 0.00156. The average Bonchev–Trinajstić information content (AvgIpc) is 3.31. The van der Waals surface area contributed by atoms with E-state index in [4.69, 9.17) is 0 Å². The number of allylic oxidation sites excluding steroid dienone is 1. The zero-order chi connectivity index (χ0) is 18.9. The molecule has 0 aliphatic carbocycles. The van der Waals surface area contributed by atoms with E-state index < -0.39 is 17.5 Å². The smallest absolute Gasteiger partial charge is 0.246 e. The number of amides is 3. The number of benzene rings is 1. The molecule has 1 aromatic rings. The monoisotopic (exact) mass is 365 g/mol. The number of piperazine rings is 1. The van der Waals surface area contributed by atoms with Crippen molar-refractivity contribution < 1.29 is 14.4 Å². The van der Waals surface area contributed by atoms with Crippen LogP contribution in [0.1, 0.15) is 38.7 Å². The molecule has 1 spiro atoms. The molecule has 4 aliphatic heterocycles. The van der Waals surface area contributed by atoms with E-state index in [0.717, 1.165) is 23.2 Å². The molecule has 5 rings (SSSR count). The highest BCUT2D eigenvalue weighted by molar-refractivity contribution is 6.10. The predicted octanol–water partition coefficient (Wildman–Crippen LogP) is 1.82. The summed E-state index contributed by atoms with van der Waals surface area (Å²) in [5.74, 6) is -0.117. The van der Waals surface area contributed by atoms with Gasteiger partial charge in [-0.2, -0.15) is 0 Å². The number of carbonyl (C=O) groups excluding carboxylic acids is 3. The van der Waals surface area contributed by atoms with Crippen LogP contribution in [0.25, 0.3) is 0 Å². The quantitative estimate of drug-likeness (QED) is 0.772. The van der Waals surface area contributed by atoms with Crippen molar-refractivity contribution in [1.29, 1.82) is 0 Å². The summed E-state index contributed by atoms with van der Waals surface area (Å²) >= 11 is 0. The van der Waals surface area contributed by atoms with Crippen molar-refractivity contribution in [3.63, 3.8) is 0 Å². The van der Waals surface area contributed by atoms with Crippen molar-refractivity contribution in [3.05, 3.63) is 41.5 Å². The molecular formula is C21H23N3O3. The summed E-state index contributed by atoms with van der Waals surface area (Å²) in [6.07, 6.45) is 3.92. The maximum absolute atomic E-state index is 13.4. The summed E-state index contributed by atoms with van der Waals surface area (Å²) in [6, 6.07) is 6.29. The van der Waals surface area contributed by atoms with Crippen LogP contribution >= 0.6 is 0 Å². The molecule has 0 aromatic heterocycles. The molecule has 0 bridgehead atoms. The Labute approximate surface area is 158 Å². The van der Waals surface area contributed by atoms with Crippen LogP contribution in [0, 0.1) is 0 Å². The second-order valence-electron chi connectivity index (χ2n) is 8.32. The third kappa shape index (κ3) is 1.98. The van der Waals surface area contributed by atoms with Gasteiger partial charge < -0.3 is 15.1 Å². The van der Waals surface area contributed by atoms with Crippen LogP contribution in [-0.2, 0) is 19.8 Å². The van der Waals surface area contributed by atoms with Crippen molar-refractivity contribution in [2.24, 2.45) is 0 Å². The van der Waals surface area contributed by atoms with E-state index in [1.54, 1.807) is 9.80 Å². The van der Waals surface area contributed by atoms with Crippen molar-refractivity contribution in [2.75, 3.05) is 11.9 Å². The second-order valence-corrected chi connectivity index (χ2v) is 8.32. The Morgan fingerprint density at radius 1 is 1.15 bits per heavy atom. The Morgan fingerprint density at radius 2 is 1.93 bits per heavy atom. The highest BCUT2D eigenvalue weighted by Crippen LogP contribution is 2.52. The minimum atomic E-state index is -0.899. The van der Waals surface area contributed by atoms with Crippen molar-refractivity contribution in [3.8, 4) is 0 Å². The number of rotatable bonds is 1. The van der Waals surface area contributed by atoms with Crippen molar-refractivity contribution >= 4 is 23.4 Å². The van der Waals surface area contributed by atoms with Gasteiger partial charge in [-0.25, -0.2) is 0 Å². The molecule has 6 nitrogen and oxygen atoms in total. The summed E-state index contributed by atoms with van der Waals surface area (Å²) in [5, 5.41) is 2.99. The van der Waals surface area contributed by atoms with Gasteiger partial charge in [0.2, 0.25) is 17.7 Å². The first-order valence-electron chi connectivity index (χ1n) is 9.64. The van der Waals surface area contributed by atoms with E-state index in [9.17, 15) is 14.4 Å². The highest BCUT2D eigenvalue weighted by atomic mass is 16.2. The van der Waals surface area contributed by atoms with Gasteiger partial charge in [0.1, 0.15) is 17.5 Å². The molecule has 4 heterocycles. The van der Waals surface area contributed by atoms with E-state index in [1.807, 2.05) is 44.2 Å². The number of nitrogens with one attached hydrogen (secondary N) is 1. The van der Waals surface area contributed by atoms with Crippen LogP contribution in [0.4, 0.5) is 5.69 Å². The molecule has 0 saturated carbocycles. The summed E-state index contributed by atoms with van der Waals surface area (Å²) in [5.41, 5.74) is 1.82. The van der Waals surface area contributed by atoms with Crippen molar-refractivity contribution in [1.82, 2.24) is 9.80 Å². The lowest BCUT2D eigenvalue weighted by Gasteiger charge is -2.41. The van der Waals surface area contributed by atoms with Crippen LogP contribution in [0.5, 0.6) is 0 Å². The lowest BCUT2D eigenvalue weighted by molar-refractivity contribution is -0.158. The molecule has 4 atom stereocenters. The van der Waals surface area contributed by atoms with E-state index in [2.05, 4.69) is 5.32 Å². The van der Waals surface area contributed by atoms with Crippen LogP contribution < -0.4 is 5.32 Å². The zero-order valence-electron chi connectivity index (χ0n) is 15.6. The lowest BCUT2D eigenvalue weighted by Crippen LogP contribution is -2.62. The van der Waals surface area contributed by atoms with Gasteiger partial charge in [-0.1, -0.05) is 29.8 Å². The highest BCUT2D eigenvalue weighted by Gasteiger charge is 2.66. The molecule has 4 aliphatic rings. The Morgan fingerprint density at radius 3 is 2.70 bits per heavy atom. The number of fused-ring (bicyclic) bond motifs is 4. The van der Waals surface area contributed by atoms with E-state index in [1.165, 1.54) is 0 Å². The molecule has 0 unspecified atom stereocenters. The van der Waals surface area contributed by atoms with Gasteiger partial charge in [0.25, 0.3) is 0 Å². The maximum Gasteiger partial charge on any atom is 0.246 e. The van der Waals surface area contributed by atoms with Gasteiger partial charge >= 0.3 is 0 Å². The van der Waals surface area contributed by atoms with E-state index in [0.29, 0.717) is 19.4 Å². The first kappa shape index (κ1) is 16.5. The van der Waals surface area contributed by atoms with Gasteiger partial charge in [-0.15, -0.1) is 0 Å². The number of nitrogens with zero attached hydrogens (tertiary/aromatic N) is 2. The molecule has 3 saturated heterocycles. The SMILES string of the molecule is CC(C)=C[C@H]1N2C(=O)[C@@H]3CCCN3C(=O)[C@@H]2C[C@@]12C(=O)Nc1ccccc12. The number of hydrogen-bond acceptors (Lipinski definition) is 3. The Balaban J connectivity index is 1.71. The van der Waals surface area contributed by atoms with Crippen LogP contribution in [0.3, 0.4) is 0 Å². The Kier molecular flexibility index (Phi) is 3.33. The van der Waals surface area contributed by atoms with Crippen LogP contribution in [0.15, 0.2) is 35.9 Å². The molecule has 3 fully saturated rings. The number of carbonyl (C=O) groups is 3. The number of hydrogen-bond donors (Lipinski definition) is 1. The Bertz CT molecular complexity index is 904. The second kappa shape index (κ2) is 5.44. The summed E-state index contributed by atoms with van der Waals surface area (Å²) < 4.78 is 0. The third-order valence-electron chi connectivity index (χ3n) is 6.57. The first-order valence-corrected chi connectivity index (χ1v) is 9.64. The van der Waals surface area contributed by atoms with Gasteiger partial charge in [0.05, 0.1) is 6.04 Å². The average molecular weight is 365 g/mol. The molecule has 1 aromatic carbocycles.